The Labute approximate surface area is 123 Å². The maximum Gasteiger partial charge on any atom is 0.0569 e. The van der Waals surface area contributed by atoms with Crippen LogP contribution in [0.3, 0.4) is 0 Å². The van der Waals surface area contributed by atoms with Gasteiger partial charge in [-0.3, -0.25) is 0 Å². The molecule has 3 heteroatoms. The number of fused-ring (bicyclic) bond motifs is 1. The predicted octanol–water partition coefficient (Wildman–Crippen LogP) is 4.03. The van der Waals surface area contributed by atoms with E-state index in [0.29, 0.717) is 0 Å². The molecule has 2 aromatic heterocycles. The van der Waals surface area contributed by atoms with Crippen LogP contribution in [-0.2, 0) is 13.0 Å². The predicted molar refractivity (Wildman–Crippen MR) is 87.3 cm³/mol. The zero-order valence-corrected chi connectivity index (χ0v) is 12.6. The highest BCUT2D eigenvalue weighted by Crippen LogP contribution is 2.24. The van der Waals surface area contributed by atoms with Gasteiger partial charge in [-0.2, -0.15) is 0 Å². The van der Waals surface area contributed by atoms with Gasteiger partial charge in [0.2, 0.25) is 0 Å². The maximum absolute atomic E-state index is 6.13. The number of nitrogens with zero attached hydrogens (tertiary/aromatic N) is 1. The Morgan fingerprint density at radius 2 is 2.05 bits per heavy atom. The second-order valence-corrected chi connectivity index (χ2v) is 6.28. The highest BCUT2D eigenvalue weighted by molar-refractivity contribution is 7.09. The Kier molecular flexibility index (Phi) is 3.90. The molecule has 1 atom stereocenters. The van der Waals surface area contributed by atoms with E-state index in [1.165, 1.54) is 21.3 Å². The van der Waals surface area contributed by atoms with Crippen LogP contribution in [0.1, 0.15) is 23.8 Å². The molecule has 0 amide bonds. The summed E-state index contributed by atoms with van der Waals surface area (Å²) in [5.41, 5.74) is 8.81. The van der Waals surface area contributed by atoms with Crippen LogP contribution in [0.2, 0.25) is 0 Å². The lowest BCUT2D eigenvalue weighted by molar-refractivity contribution is 0.647. The molecule has 3 aromatic rings. The molecule has 0 spiro atoms. The lowest BCUT2D eigenvalue weighted by atomic mass is 10.0. The van der Waals surface area contributed by atoms with Gasteiger partial charge in [-0.15, -0.1) is 11.3 Å². The number of thiophene rings is 1. The van der Waals surface area contributed by atoms with E-state index in [4.69, 9.17) is 5.73 Å². The Balaban J connectivity index is 1.99. The van der Waals surface area contributed by atoms with Gasteiger partial charge in [0.15, 0.2) is 0 Å². The normalized spacial score (nSPS) is 12.9. The average molecular weight is 284 g/mol. The highest BCUT2D eigenvalue weighted by Gasteiger charge is 2.11. The Morgan fingerprint density at radius 1 is 1.20 bits per heavy atom. The first-order valence-corrected chi connectivity index (χ1v) is 8.00. The van der Waals surface area contributed by atoms with Crippen molar-refractivity contribution >= 4 is 22.2 Å². The number of hydrogen-bond acceptors (Lipinski definition) is 2. The molecule has 0 saturated carbocycles. The molecule has 1 unspecified atom stereocenters. The zero-order valence-electron chi connectivity index (χ0n) is 11.8. The van der Waals surface area contributed by atoms with Crippen molar-refractivity contribution in [1.29, 1.82) is 0 Å². The summed E-state index contributed by atoms with van der Waals surface area (Å²) in [4.78, 5) is 1.39. The summed E-state index contributed by atoms with van der Waals surface area (Å²) in [7, 11) is 0. The summed E-state index contributed by atoms with van der Waals surface area (Å²) in [5, 5.41) is 3.47. The van der Waals surface area contributed by atoms with E-state index in [1.807, 2.05) is 11.3 Å². The van der Waals surface area contributed by atoms with Gasteiger partial charge in [0, 0.05) is 28.0 Å². The SMILES string of the molecule is CCC(N)Cc1cn(Cc2cccs2)c2ccccc12. The third-order valence-electron chi connectivity index (χ3n) is 3.78. The first-order chi connectivity index (χ1) is 9.78. The fourth-order valence-corrected chi connectivity index (χ4v) is 3.32. The zero-order chi connectivity index (χ0) is 13.9. The van der Waals surface area contributed by atoms with Crippen molar-refractivity contribution in [2.24, 2.45) is 5.73 Å². The monoisotopic (exact) mass is 284 g/mol. The third-order valence-corrected chi connectivity index (χ3v) is 4.65. The van der Waals surface area contributed by atoms with Crippen LogP contribution < -0.4 is 5.73 Å². The minimum absolute atomic E-state index is 0.246. The second kappa shape index (κ2) is 5.81. The van der Waals surface area contributed by atoms with Crippen molar-refractivity contribution in [3.05, 3.63) is 58.4 Å². The summed E-state index contributed by atoms with van der Waals surface area (Å²) in [6, 6.07) is 13.2. The summed E-state index contributed by atoms with van der Waals surface area (Å²) in [6.45, 7) is 3.09. The highest BCUT2D eigenvalue weighted by atomic mass is 32.1. The molecule has 0 aliphatic rings. The third kappa shape index (κ3) is 2.65. The lowest BCUT2D eigenvalue weighted by Gasteiger charge is -2.06. The quantitative estimate of drug-likeness (QED) is 0.753. The van der Waals surface area contributed by atoms with Gasteiger partial charge in [-0.1, -0.05) is 31.2 Å². The molecule has 1 aromatic carbocycles. The largest absolute Gasteiger partial charge is 0.342 e. The van der Waals surface area contributed by atoms with Crippen molar-refractivity contribution in [1.82, 2.24) is 4.57 Å². The van der Waals surface area contributed by atoms with Crippen molar-refractivity contribution in [3.8, 4) is 0 Å². The van der Waals surface area contributed by atoms with E-state index in [-0.39, 0.29) is 6.04 Å². The molecule has 20 heavy (non-hydrogen) atoms. The Hall–Kier alpha value is -1.58. The van der Waals surface area contributed by atoms with Crippen molar-refractivity contribution in [2.45, 2.75) is 32.4 Å². The summed E-state index contributed by atoms with van der Waals surface area (Å²) >= 11 is 1.81. The van der Waals surface area contributed by atoms with Gasteiger partial charge in [0.05, 0.1) is 6.54 Å². The Bertz CT molecular complexity index is 682. The molecule has 104 valence electrons. The molecule has 0 radical (unpaired) electrons. The average Bonchev–Trinajstić information content (AvgIpc) is 3.09. The standard InChI is InChI=1S/C17H20N2S/c1-2-14(18)10-13-11-19(12-15-6-5-9-20-15)17-8-4-3-7-16(13)17/h3-9,11,14H,2,10,12,18H2,1H3. The fourth-order valence-electron chi connectivity index (χ4n) is 2.61. The van der Waals surface area contributed by atoms with E-state index in [2.05, 4.69) is 59.5 Å². The molecule has 0 fully saturated rings. The van der Waals surface area contributed by atoms with Crippen LogP contribution in [0.5, 0.6) is 0 Å². The molecular weight excluding hydrogens is 264 g/mol. The molecule has 2 N–H and O–H groups in total. The van der Waals surface area contributed by atoms with Crippen molar-refractivity contribution < 1.29 is 0 Å². The number of rotatable bonds is 5. The lowest BCUT2D eigenvalue weighted by Crippen LogP contribution is -2.21. The minimum atomic E-state index is 0.246. The Morgan fingerprint density at radius 3 is 2.80 bits per heavy atom. The van der Waals surface area contributed by atoms with Gasteiger partial charge in [0.1, 0.15) is 0 Å². The molecule has 0 bridgehead atoms. The van der Waals surface area contributed by atoms with Gasteiger partial charge in [-0.05, 0) is 35.9 Å². The van der Waals surface area contributed by atoms with Crippen LogP contribution in [0.25, 0.3) is 10.9 Å². The van der Waals surface area contributed by atoms with Gasteiger partial charge >= 0.3 is 0 Å². The van der Waals surface area contributed by atoms with E-state index < -0.39 is 0 Å². The molecule has 0 saturated heterocycles. The van der Waals surface area contributed by atoms with Crippen molar-refractivity contribution in [3.63, 3.8) is 0 Å². The number of nitrogens with two attached hydrogens (primary N) is 1. The number of para-hydroxylation sites is 1. The van der Waals surface area contributed by atoms with E-state index in [9.17, 15) is 0 Å². The topological polar surface area (TPSA) is 30.9 Å². The smallest absolute Gasteiger partial charge is 0.0569 e. The molecule has 0 aliphatic heterocycles. The molecule has 2 nitrogen and oxygen atoms in total. The fraction of sp³-hybridized carbons (Fsp3) is 0.294. The number of benzene rings is 1. The summed E-state index contributed by atoms with van der Waals surface area (Å²) < 4.78 is 2.35. The first kappa shape index (κ1) is 13.4. The molecular formula is C17H20N2S. The van der Waals surface area contributed by atoms with Crippen LogP contribution in [-0.4, -0.2) is 10.6 Å². The second-order valence-electron chi connectivity index (χ2n) is 5.25. The van der Waals surface area contributed by atoms with Crippen LogP contribution in [0.4, 0.5) is 0 Å². The minimum Gasteiger partial charge on any atom is -0.342 e. The molecule has 2 heterocycles. The van der Waals surface area contributed by atoms with Gasteiger partial charge in [0.25, 0.3) is 0 Å². The van der Waals surface area contributed by atoms with Gasteiger partial charge < -0.3 is 10.3 Å². The number of hydrogen-bond donors (Lipinski definition) is 1. The van der Waals surface area contributed by atoms with E-state index in [0.717, 1.165) is 19.4 Å². The molecule has 0 aliphatic carbocycles. The van der Waals surface area contributed by atoms with Crippen molar-refractivity contribution in [2.75, 3.05) is 0 Å². The van der Waals surface area contributed by atoms with E-state index in [1.54, 1.807) is 0 Å². The van der Waals surface area contributed by atoms with Gasteiger partial charge in [-0.25, -0.2) is 0 Å². The maximum atomic E-state index is 6.13. The molecule has 3 rings (SSSR count). The van der Waals surface area contributed by atoms with E-state index >= 15 is 0 Å². The summed E-state index contributed by atoms with van der Waals surface area (Å²) in [6.07, 6.45) is 4.25. The number of aromatic nitrogens is 1. The first-order valence-electron chi connectivity index (χ1n) is 7.12. The van der Waals surface area contributed by atoms with Crippen LogP contribution >= 0.6 is 11.3 Å². The summed E-state index contributed by atoms with van der Waals surface area (Å²) in [5.74, 6) is 0. The van der Waals surface area contributed by atoms with Crippen LogP contribution in [0, 0.1) is 0 Å². The van der Waals surface area contributed by atoms with Crippen LogP contribution in [0.15, 0.2) is 48.0 Å².